The molecule has 0 bridgehead atoms. The van der Waals surface area contributed by atoms with Crippen LogP contribution in [0, 0.1) is 0 Å². The molecule has 0 spiro atoms. The van der Waals surface area contributed by atoms with Gasteiger partial charge in [0.25, 0.3) is 21.8 Å². The standard InChI is InChI=1S/C19H18N4O4S2/c1-2-12-3-5-13(6-4-12)17(24)20-21-18(25)14-7-8-15-16(11-14)28-19-22-29(26,27)10-9-23(15)19/h3-8,11H,2,9-10H2,1H3,(H,20,24)(H,21,25). The summed E-state index contributed by atoms with van der Waals surface area (Å²) in [5.41, 5.74) is 7.55. The first kappa shape index (κ1) is 19.5. The molecule has 2 aromatic rings. The van der Waals surface area contributed by atoms with Crippen molar-refractivity contribution in [2.24, 2.45) is 4.40 Å². The Morgan fingerprint density at radius 1 is 1.07 bits per heavy atom. The van der Waals surface area contributed by atoms with Gasteiger partial charge in [0.2, 0.25) is 0 Å². The molecule has 10 heteroatoms. The molecule has 150 valence electrons. The number of amides is 2. The van der Waals surface area contributed by atoms with Crippen LogP contribution in [0.5, 0.6) is 0 Å². The molecule has 0 aromatic heterocycles. The summed E-state index contributed by atoms with van der Waals surface area (Å²) in [6, 6.07) is 12.2. The van der Waals surface area contributed by atoms with Gasteiger partial charge in [-0.2, -0.15) is 0 Å². The number of hydrogen-bond donors (Lipinski definition) is 2. The maximum Gasteiger partial charge on any atom is 0.269 e. The van der Waals surface area contributed by atoms with Gasteiger partial charge in [0.15, 0.2) is 5.17 Å². The molecule has 2 amide bonds. The van der Waals surface area contributed by atoms with E-state index in [0.29, 0.717) is 22.8 Å². The number of benzene rings is 2. The first-order valence-corrected chi connectivity index (χ1v) is 11.4. The Morgan fingerprint density at radius 3 is 2.41 bits per heavy atom. The van der Waals surface area contributed by atoms with E-state index in [1.54, 1.807) is 30.3 Å². The Labute approximate surface area is 172 Å². The number of nitrogens with zero attached hydrogens (tertiary/aromatic N) is 2. The number of aryl methyl sites for hydroxylation is 1. The fourth-order valence-corrected chi connectivity index (χ4v) is 5.32. The second kappa shape index (κ2) is 7.53. The topological polar surface area (TPSA) is 108 Å². The van der Waals surface area contributed by atoms with Crippen LogP contribution in [0.15, 0.2) is 51.8 Å². The van der Waals surface area contributed by atoms with E-state index in [9.17, 15) is 18.0 Å². The maximum absolute atomic E-state index is 12.4. The fourth-order valence-electron chi connectivity index (χ4n) is 3.02. The summed E-state index contributed by atoms with van der Waals surface area (Å²) in [5, 5.41) is 0.396. The molecule has 8 nitrogen and oxygen atoms in total. The van der Waals surface area contributed by atoms with Gasteiger partial charge in [-0.15, -0.1) is 4.40 Å². The minimum Gasteiger partial charge on any atom is -0.318 e. The molecular weight excluding hydrogens is 412 g/mol. The number of anilines is 1. The number of nitrogens with one attached hydrogen (secondary N) is 2. The van der Waals surface area contributed by atoms with Gasteiger partial charge in [-0.25, -0.2) is 8.42 Å². The SMILES string of the molecule is CCc1ccc(C(=O)NNC(=O)c2ccc3c(c2)SC2=NS(=O)(=O)CCN23)cc1. The van der Waals surface area contributed by atoms with E-state index in [1.807, 2.05) is 24.0 Å². The number of carbonyl (C=O) groups excluding carboxylic acids is 2. The van der Waals surface area contributed by atoms with Crippen molar-refractivity contribution < 1.29 is 18.0 Å². The van der Waals surface area contributed by atoms with Crippen LogP contribution in [-0.4, -0.2) is 37.7 Å². The van der Waals surface area contributed by atoms with Gasteiger partial charge >= 0.3 is 0 Å². The summed E-state index contributed by atoms with van der Waals surface area (Å²) in [7, 11) is -3.43. The van der Waals surface area contributed by atoms with Crippen molar-refractivity contribution in [2.75, 3.05) is 17.2 Å². The smallest absolute Gasteiger partial charge is 0.269 e. The van der Waals surface area contributed by atoms with Gasteiger partial charge in [0, 0.05) is 22.6 Å². The monoisotopic (exact) mass is 430 g/mol. The molecule has 2 aromatic carbocycles. The van der Waals surface area contributed by atoms with Gasteiger partial charge in [0.1, 0.15) is 0 Å². The lowest BCUT2D eigenvalue weighted by molar-refractivity contribution is 0.0846. The lowest BCUT2D eigenvalue weighted by Crippen LogP contribution is -2.41. The van der Waals surface area contributed by atoms with E-state index < -0.39 is 21.8 Å². The molecule has 0 aliphatic carbocycles. The second-order valence-electron chi connectivity index (χ2n) is 6.55. The van der Waals surface area contributed by atoms with E-state index in [1.165, 1.54) is 11.8 Å². The average molecular weight is 431 g/mol. The third-order valence-electron chi connectivity index (χ3n) is 4.65. The number of thioether (sulfide) groups is 1. The van der Waals surface area contributed by atoms with Crippen molar-refractivity contribution in [2.45, 2.75) is 18.2 Å². The van der Waals surface area contributed by atoms with E-state index >= 15 is 0 Å². The molecule has 0 fully saturated rings. The summed E-state index contributed by atoms with van der Waals surface area (Å²) >= 11 is 1.21. The largest absolute Gasteiger partial charge is 0.318 e. The highest BCUT2D eigenvalue weighted by Gasteiger charge is 2.33. The molecule has 2 N–H and O–H groups in total. The number of rotatable bonds is 3. The van der Waals surface area contributed by atoms with Gasteiger partial charge < -0.3 is 4.90 Å². The highest BCUT2D eigenvalue weighted by Crippen LogP contribution is 2.42. The highest BCUT2D eigenvalue weighted by atomic mass is 32.2. The van der Waals surface area contributed by atoms with Crippen molar-refractivity contribution in [1.29, 1.82) is 0 Å². The predicted molar refractivity (Wildman–Crippen MR) is 112 cm³/mol. The van der Waals surface area contributed by atoms with Gasteiger partial charge in [0.05, 0.1) is 11.4 Å². The second-order valence-corrected chi connectivity index (χ2v) is 9.32. The van der Waals surface area contributed by atoms with Crippen molar-refractivity contribution in [3.8, 4) is 0 Å². The molecule has 2 heterocycles. The van der Waals surface area contributed by atoms with Gasteiger partial charge in [-0.05, 0) is 54.1 Å². The summed E-state index contributed by atoms with van der Waals surface area (Å²) in [6.45, 7) is 2.36. The van der Waals surface area contributed by atoms with Crippen LogP contribution in [-0.2, 0) is 16.4 Å². The number of hydrazine groups is 1. The molecule has 0 atom stereocenters. The van der Waals surface area contributed by atoms with Crippen LogP contribution >= 0.6 is 11.8 Å². The number of hydrogen-bond acceptors (Lipinski definition) is 6. The zero-order chi connectivity index (χ0) is 20.6. The lowest BCUT2D eigenvalue weighted by atomic mass is 10.1. The third kappa shape index (κ3) is 3.99. The van der Waals surface area contributed by atoms with Crippen LogP contribution in [0.4, 0.5) is 5.69 Å². The Kier molecular flexibility index (Phi) is 5.05. The van der Waals surface area contributed by atoms with E-state index in [0.717, 1.165) is 22.6 Å². The predicted octanol–water partition coefficient (Wildman–Crippen LogP) is 1.94. The summed E-state index contributed by atoms with van der Waals surface area (Å²) < 4.78 is 27.2. The zero-order valence-corrected chi connectivity index (χ0v) is 17.1. The normalized spacial score (nSPS) is 16.4. The molecule has 0 saturated carbocycles. The van der Waals surface area contributed by atoms with E-state index in [-0.39, 0.29) is 5.75 Å². The molecular formula is C19H18N4O4S2. The van der Waals surface area contributed by atoms with Crippen molar-refractivity contribution in [3.63, 3.8) is 0 Å². The molecule has 0 saturated heterocycles. The first-order valence-electron chi connectivity index (χ1n) is 8.98. The van der Waals surface area contributed by atoms with Crippen LogP contribution in [0.1, 0.15) is 33.2 Å². The zero-order valence-electron chi connectivity index (χ0n) is 15.5. The number of sulfonamides is 1. The molecule has 29 heavy (non-hydrogen) atoms. The van der Waals surface area contributed by atoms with Crippen molar-refractivity contribution in [1.82, 2.24) is 10.9 Å². The van der Waals surface area contributed by atoms with Crippen molar-refractivity contribution >= 4 is 44.5 Å². The lowest BCUT2D eigenvalue weighted by Gasteiger charge is -2.22. The molecule has 0 unspecified atom stereocenters. The van der Waals surface area contributed by atoms with Gasteiger partial charge in [-0.3, -0.25) is 20.4 Å². The van der Waals surface area contributed by atoms with Gasteiger partial charge in [-0.1, -0.05) is 19.1 Å². The first-order chi connectivity index (χ1) is 13.9. The Bertz CT molecular complexity index is 1130. The minimum atomic E-state index is -3.43. The van der Waals surface area contributed by atoms with E-state index in [4.69, 9.17) is 0 Å². The average Bonchev–Trinajstić information content (AvgIpc) is 3.07. The quantitative estimate of drug-likeness (QED) is 0.721. The summed E-state index contributed by atoms with van der Waals surface area (Å²) in [6.07, 6.45) is 0.880. The Balaban J connectivity index is 1.44. The summed E-state index contributed by atoms with van der Waals surface area (Å²) in [4.78, 5) is 27.2. The summed E-state index contributed by atoms with van der Waals surface area (Å²) in [5.74, 6) is -0.913. The van der Waals surface area contributed by atoms with E-state index in [2.05, 4.69) is 15.2 Å². The van der Waals surface area contributed by atoms with Crippen LogP contribution < -0.4 is 15.8 Å². The maximum atomic E-state index is 12.4. The third-order valence-corrected chi connectivity index (χ3v) is 6.96. The van der Waals surface area contributed by atoms with Crippen molar-refractivity contribution in [3.05, 3.63) is 59.2 Å². The molecule has 2 aliphatic rings. The minimum absolute atomic E-state index is 0.0377. The molecule has 2 aliphatic heterocycles. The fraction of sp³-hybridized carbons (Fsp3) is 0.211. The van der Waals surface area contributed by atoms with Crippen LogP contribution in [0.3, 0.4) is 0 Å². The number of amidine groups is 1. The number of fused-ring (bicyclic) bond motifs is 3. The molecule has 4 rings (SSSR count). The Hall–Kier alpha value is -2.85. The molecule has 0 radical (unpaired) electrons. The Morgan fingerprint density at radius 2 is 1.72 bits per heavy atom. The number of carbonyl (C=O) groups is 2. The van der Waals surface area contributed by atoms with Crippen LogP contribution in [0.2, 0.25) is 0 Å². The van der Waals surface area contributed by atoms with Crippen LogP contribution in [0.25, 0.3) is 0 Å². The highest BCUT2D eigenvalue weighted by molar-refractivity contribution is 8.15.